The average Bonchev–Trinajstić information content (AvgIpc) is 2.73. The molecule has 0 N–H and O–H groups in total. The van der Waals surface area contributed by atoms with Crippen molar-refractivity contribution in [3.63, 3.8) is 0 Å². The highest BCUT2D eigenvalue weighted by Gasteiger charge is 2.24. The van der Waals surface area contributed by atoms with Gasteiger partial charge in [0.25, 0.3) is 0 Å². The smallest absolute Gasteiger partial charge is 0.199 e. The van der Waals surface area contributed by atoms with Gasteiger partial charge >= 0.3 is 0 Å². The first-order valence-electron chi connectivity index (χ1n) is 11.8. The summed E-state index contributed by atoms with van der Waals surface area (Å²) in [5.41, 5.74) is 0. The van der Waals surface area contributed by atoms with Gasteiger partial charge in [-0.15, -0.1) is 0 Å². The van der Waals surface area contributed by atoms with Crippen LogP contribution in [0.15, 0.2) is 24.1 Å². The Morgan fingerprint density at radius 1 is 0.964 bits per heavy atom. The fourth-order valence-electron chi connectivity index (χ4n) is 4.78. The van der Waals surface area contributed by atoms with E-state index in [0.29, 0.717) is 12.0 Å². The van der Waals surface area contributed by atoms with Crippen LogP contribution >= 0.6 is 0 Å². The zero-order chi connectivity index (χ0) is 20.0. The van der Waals surface area contributed by atoms with E-state index in [-0.39, 0.29) is 0 Å². The van der Waals surface area contributed by atoms with Crippen LogP contribution in [0.2, 0.25) is 0 Å². The second kappa shape index (κ2) is 13.9. The second-order valence-electron chi connectivity index (χ2n) is 8.97. The average molecular weight is 390 g/mol. The summed E-state index contributed by atoms with van der Waals surface area (Å²) in [6.07, 6.45) is 23.8. The van der Waals surface area contributed by atoms with Gasteiger partial charge in [-0.3, -0.25) is 0 Å². The lowest BCUT2D eigenvalue weighted by Crippen LogP contribution is -2.25. The van der Waals surface area contributed by atoms with Gasteiger partial charge in [-0.05, 0) is 62.4 Å². The summed E-state index contributed by atoms with van der Waals surface area (Å²) in [5.74, 6) is 1.52. The summed E-state index contributed by atoms with van der Waals surface area (Å²) in [6, 6.07) is 1.50. The molecule has 0 saturated heterocycles. The molecule has 0 aromatic heterocycles. The SMILES string of the molecule is CCCCCCC[C@H]1CC[C@H](CO[C@H]2CC[C@H](/C=C/C=C(\F)C#N)CC2)CC1. The number of ether oxygens (including phenoxy) is 1. The number of rotatable bonds is 11. The van der Waals surface area contributed by atoms with E-state index in [1.165, 1.54) is 76.4 Å². The molecule has 0 amide bonds. The zero-order valence-electron chi connectivity index (χ0n) is 17.9. The number of hydrogen-bond donors (Lipinski definition) is 0. The van der Waals surface area contributed by atoms with Gasteiger partial charge in [0.1, 0.15) is 6.07 Å². The first-order valence-corrected chi connectivity index (χ1v) is 11.8. The van der Waals surface area contributed by atoms with Crippen LogP contribution in [0, 0.1) is 29.1 Å². The molecule has 0 unspecified atom stereocenters. The maximum absolute atomic E-state index is 12.8. The predicted octanol–water partition coefficient (Wildman–Crippen LogP) is 7.66. The Morgan fingerprint density at radius 2 is 1.64 bits per heavy atom. The molecule has 0 radical (unpaired) electrons. The van der Waals surface area contributed by atoms with Crippen molar-refractivity contribution in [3.05, 3.63) is 24.1 Å². The van der Waals surface area contributed by atoms with Crippen LogP contribution in [0.5, 0.6) is 0 Å². The van der Waals surface area contributed by atoms with E-state index in [2.05, 4.69) is 6.92 Å². The van der Waals surface area contributed by atoms with Crippen LogP contribution in [0.1, 0.15) is 96.8 Å². The molecule has 2 aliphatic carbocycles. The minimum absolute atomic E-state index is 0.410. The molecular weight excluding hydrogens is 349 g/mol. The Labute approximate surface area is 172 Å². The van der Waals surface area contributed by atoms with Crippen LogP contribution < -0.4 is 0 Å². The minimum atomic E-state index is -0.723. The molecule has 3 heteroatoms. The van der Waals surface area contributed by atoms with Gasteiger partial charge in [-0.2, -0.15) is 9.65 Å². The third kappa shape index (κ3) is 9.37. The van der Waals surface area contributed by atoms with Gasteiger partial charge in [0.2, 0.25) is 0 Å². The van der Waals surface area contributed by atoms with Crippen molar-refractivity contribution in [2.75, 3.05) is 6.61 Å². The lowest BCUT2D eigenvalue weighted by atomic mass is 9.80. The van der Waals surface area contributed by atoms with Crippen LogP contribution in [-0.4, -0.2) is 12.7 Å². The largest absolute Gasteiger partial charge is 0.378 e. The number of nitrogens with zero attached hydrogens (tertiary/aromatic N) is 1. The summed E-state index contributed by atoms with van der Waals surface area (Å²) in [5, 5.41) is 8.41. The van der Waals surface area contributed by atoms with Crippen LogP contribution in [-0.2, 0) is 4.74 Å². The predicted molar refractivity (Wildman–Crippen MR) is 114 cm³/mol. The van der Waals surface area contributed by atoms with E-state index < -0.39 is 5.83 Å². The van der Waals surface area contributed by atoms with E-state index in [4.69, 9.17) is 10.00 Å². The molecule has 0 bridgehead atoms. The van der Waals surface area contributed by atoms with E-state index in [1.54, 1.807) is 6.08 Å². The third-order valence-corrected chi connectivity index (χ3v) is 6.70. The fraction of sp³-hybridized carbons (Fsp3) is 0.800. The normalized spacial score (nSPS) is 29.1. The molecule has 0 aromatic carbocycles. The van der Waals surface area contributed by atoms with Gasteiger partial charge in [-0.25, -0.2) is 0 Å². The monoisotopic (exact) mass is 389 g/mol. The van der Waals surface area contributed by atoms with Crippen LogP contribution in [0.4, 0.5) is 4.39 Å². The van der Waals surface area contributed by atoms with Crippen molar-refractivity contribution in [2.24, 2.45) is 17.8 Å². The topological polar surface area (TPSA) is 33.0 Å². The van der Waals surface area contributed by atoms with E-state index in [0.717, 1.165) is 44.1 Å². The molecule has 2 fully saturated rings. The molecule has 2 saturated carbocycles. The van der Waals surface area contributed by atoms with Crippen molar-refractivity contribution < 1.29 is 9.13 Å². The number of halogens is 1. The summed E-state index contributed by atoms with van der Waals surface area (Å²) in [6.45, 7) is 3.23. The highest BCUT2D eigenvalue weighted by molar-refractivity contribution is 5.19. The Balaban J connectivity index is 1.52. The molecule has 2 nitrogen and oxygen atoms in total. The maximum Gasteiger partial charge on any atom is 0.199 e. The van der Waals surface area contributed by atoms with Crippen LogP contribution in [0.3, 0.4) is 0 Å². The van der Waals surface area contributed by atoms with Gasteiger partial charge in [-0.1, -0.05) is 70.4 Å². The van der Waals surface area contributed by atoms with Crippen LogP contribution in [0.25, 0.3) is 0 Å². The molecule has 0 aliphatic heterocycles. The zero-order valence-corrected chi connectivity index (χ0v) is 17.9. The number of unbranched alkanes of at least 4 members (excludes halogenated alkanes) is 4. The quantitative estimate of drug-likeness (QED) is 0.206. The molecular formula is C25H40FNO. The van der Waals surface area contributed by atoms with Gasteiger partial charge in [0.15, 0.2) is 5.83 Å². The van der Waals surface area contributed by atoms with E-state index in [1.807, 2.05) is 6.08 Å². The van der Waals surface area contributed by atoms with Crippen molar-refractivity contribution >= 4 is 0 Å². The summed E-state index contributed by atoms with van der Waals surface area (Å²) in [4.78, 5) is 0. The molecule has 2 rings (SSSR count). The first-order chi connectivity index (χ1) is 13.7. The molecule has 28 heavy (non-hydrogen) atoms. The van der Waals surface area contributed by atoms with E-state index in [9.17, 15) is 4.39 Å². The van der Waals surface area contributed by atoms with Crippen molar-refractivity contribution in [1.29, 1.82) is 5.26 Å². The number of allylic oxidation sites excluding steroid dienone is 4. The molecule has 2 aliphatic rings. The van der Waals surface area contributed by atoms with Gasteiger partial charge in [0.05, 0.1) is 6.10 Å². The standard InChI is InChI=1S/C25H40FNO/c1-2-3-4-5-6-8-21-11-13-23(14-12-21)20-28-25-17-15-22(16-18-25)9-7-10-24(26)19-27/h7,9-10,21-23,25H,2-6,8,11-18,20H2,1H3/b9-7+,24-10-/t21-,22-,23-,25-. The van der Waals surface area contributed by atoms with Crippen molar-refractivity contribution in [3.8, 4) is 6.07 Å². The fourth-order valence-corrected chi connectivity index (χ4v) is 4.78. The lowest BCUT2D eigenvalue weighted by Gasteiger charge is -2.31. The minimum Gasteiger partial charge on any atom is -0.378 e. The highest BCUT2D eigenvalue weighted by atomic mass is 19.1. The van der Waals surface area contributed by atoms with Crippen molar-refractivity contribution in [1.82, 2.24) is 0 Å². The Kier molecular flexibility index (Phi) is 11.5. The van der Waals surface area contributed by atoms with Crippen molar-refractivity contribution in [2.45, 2.75) is 103 Å². The molecule has 158 valence electrons. The highest BCUT2D eigenvalue weighted by Crippen LogP contribution is 2.33. The summed E-state index contributed by atoms with van der Waals surface area (Å²) >= 11 is 0. The third-order valence-electron chi connectivity index (χ3n) is 6.70. The maximum atomic E-state index is 12.8. The number of nitriles is 1. The molecule has 0 atom stereocenters. The van der Waals surface area contributed by atoms with E-state index >= 15 is 0 Å². The van der Waals surface area contributed by atoms with Gasteiger partial charge in [0, 0.05) is 6.61 Å². The second-order valence-corrected chi connectivity index (χ2v) is 8.97. The lowest BCUT2D eigenvalue weighted by molar-refractivity contribution is -0.00664. The molecule has 0 heterocycles. The first kappa shape index (κ1) is 23.1. The Hall–Kier alpha value is -1.14. The summed E-state index contributed by atoms with van der Waals surface area (Å²) < 4.78 is 19.0. The Morgan fingerprint density at radius 3 is 2.32 bits per heavy atom. The van der Waals surface area contributed by atoms with Gasteiger partial charge < -0.3 is 4.74 Å². The Bertz CT molecular complexity index is 505. The molecule has 0 aromatic rings. The molecule has 0 spiro atoms. The number of hydrogen-bond acceptors (Lipinski definition) is 2. The summed E-state index contributed by atoms with van der Waals surface area (Å²) in [7, 11) is 0.